The topological polar surface area (TPSA) is 3.24 Å². The van der Waals surface area contributed by atoms with E-state index in [1.54, 1.807) is 0 Å². The predicted molar refractivity (Wildman–Crippen MR) is 259 cm³/mol. The van der Waals surface area contributed by atoms with Crippen LogP contribution in [0.5, 0.6) is 0 Å². The van der Waals surface area contributed by atoms with E-state index in [1.165, 1.54) is 86.6 Å². The fourth-order valence-electron chi connectivity index (χ4n) is 8.88. The molecule has 0 aliphatic heterocycles. The molecule has 0 amide bonds. The minimum atomic E-state index is 1.10. The second-order valence-electron chi connectivity index (χ2n) is 15.2. The molecule has 0 spiro atoms. The third-order valence-electron chi connectivity index (χ3n) is 11.7. The number of benzene rings is 10. The molecule has 11 aromatic rings. The standard InChI is InChI=1S/C58H39NS/c1-3-16-42(17-4-1)49-23-9-10-25-52(49)57-50(44-18-5-2-6-19-44)27-14-29-54(57)59(55-30-15-28-53-51-24-11-12-31-56(51)60-58(53)55)46-38-36-41(37-39-46)40-32-34-45(35-33-40)48-26-13-21-43-20-7-8-22-47(43)48/h1-39H. The van der Waals surface area contributed by atoms with E-state index in [4.69, 9.17) is 0 Å². The van der Waals surface area contributed by atoms with Gasteiger partial charge in [-0.3, -0.25) is 0 Å². The summed E-state index contributed by atoms with van der Waals surface area (Å²) in [6.07, 6.45) is 0. The number of hydrogen-bond donors (Lipinski definition) is 0. The largest absolute Gasteiger partial charge is 0.308 e. The van der Waals surface area contributed by atoms with Gasteiger partial charge in [0.15, 0.2) is 0 Å². The molecule has 0 bridgehead atoms. The molecule has 10 aromatic carbocycles. The Bertz CT molecular complexity index is 3290. The van der Waals surface area contributed by atoms with Crippen LogP contribution in [0.4, 0.5) is 17.1 Å². The Hall–Kier alpha value is -7.52. The van der Waals surface area contributed by atoms with Gasteiger partial charge < -0.3 is 4.90 Å². The van der Waals surface area contributed by atoms with Crippen molar-refractivity contribution in [2.45, 2.75) is 0 Å². The van der Waals surface area contributed by atoms with Gasteiger partial charge in [0.05, 0.1) is 16.1 Å². The van der Waals surface area contributed by atoms with Crippen LogP contribution in [0.25, 0.3) is 86.6 Å². The average Bonchev–Trinajstić information content (AvgIpc) is 3.72. The lowest BCUT2D eigenvalue weighted by atomic mass is 9.87. The first-order valence-corrected chi connectivity index (χ1v) is 21.3. The van der Waals surface area contributed by atoms with Gasteiger partial charge in [-0.05, 0) is 91.2 Å². The molecule has 1 nitrogen and oxygen atoms in total. The molecule has 282 valence electrons. The van der Waals surface area contributed by atoms with Gasteiger partial charge >= 0.3 is 0 Å². The normalized spacial score (nSPS) is 11.3. The Morgan fingerprint density at radius 2 is 0.767 bits per heavy atom. The first-order valence-electron chi connectivity index (χ1n) is 20.5. The molecule has 1 heterocycles. The lowest BCUT2D eigenvalue weighted by Gasteiger charge is -2.30. The van der Waals surface area contributed by atoms with E-state index >= 15 is 0 Å². The summed E-state index contributed by atoms with van der Waals surface area (Å²) in [4.78, 5) is 2.49. The summed E-state index contributed by atoms with van der Waals surface area (Å²) in [5.74, 6) is 0. The minimum absolute atomic E-state index is 1.10. The number of anilines is 3. The quantitative estimate of drug-likeness (QED) is 0.148. The fourth-order valence-corrected chi connectivity index (χ4v) is 10.1. The van der Waals surface area contributed by atoms with Gasteiger partial charge in [0.25, 0.3) is 0 Å². The van der Waals surface area contributed by atoms with Crippen molar-refractivity contribution in [3.8, 4) is 55.6 Å². The maximum atomic E-state index is 2.49. The molecule has 0 aliphatic carbocycles. The van der Waals surface area contributed by atoms with Crippen LogP contribution in [-0.2, 0) is 0 Å². The van der Waals surface area contributed by atoms with E-state index in [1.807, 2.05) is 11.3 Å². The molecule has 11 rings (SSSR count). The Balaban J connectivity index is 1.11. The maximum Gasteiger partial charge on any atom is 0.0640 e. The number of fused-ring (bicyclic) bond motifs is 4. The van der Waals surface area contributed by atoms with Crippen molar-refractivity contribution in [3.63, 3.8) is 0 Å². The molecule has 0 unspecified atom stereocenters. The van der Waals surface area contributed by atoms with E-state index in [0.717, 1.165) is 17.1 Å². The van der Waals surface area contributed by atoms with Gasteiger partial charge in [-0.15, -0.1) is 11.3 Å². The van der Waals surface area contributed by atoms with E-state index in [9.17, 15) is 0 Å². The molecule has 0 saturated heterocycles. The van der Waals surface area contributed by atoms with Gasteiger partial charge in [-0.1, -0.05) is 206 Å². The highest BCUT2D eigenvalue weighted by atomic mass is 32.1. The summed E-state index contributed by atoms with van der Waals surface area (Å²) in [6, 6.07) is 86.2. The van der Waals surface area contributed by atoms with Gasteiger partial charge in [0.1, 0.15) is 0 Å². The molecular formula is C58H39NS. The van der Waals surface area contributed by atoms with Crippen molar-refractivity contribution in [2.75, 3.05) is 4.90 Å². The first-order chi connectivity index (χ1) is 29.8. The van der Waals surface area contributed by atoms with Crippen LogP contribution in [-0.4, -0.2) is 0 Å². The summed E-state index contributed by atoms with van der Waals surface area (Å²) >= 11 is 1.87. The number of rotatable bonds is 8. The monoisotopic (exact) mass is 781 g/mol. The van der Waals surface area contributed by atoms with Crippen molar-refractivity contribution in [1.29, 1.82) is 0 Å². The predicted octanol–water partition coefficient (Wildman–Crippen LogP) is 17.0. The Morgan fingerprint density at radius 3 is 1.53 bits per heavy atom. The molecule has 0 fully saturated rings. The molecule has 0 radical (unpaired) electrons. The highest BCUT2D eigenvalue weighted by Crippen LogP contribution is 2.51. The van der Waals surface area contributed by atoms with Crippen LogP contribution in [0.1, 0.15) is 0 Å². The summed E-state index contributed by atoms with van der Waals surface area (Å²) < 4.78 is 2.55. The third-order valence-corrected chi connectivity index (χ3v) is 12.9. The number of hydrogen-bond acceptors (Lipinski definition) is 2. The summed E-state index contributed by atoms with van der Waals surface area (Å²) in [6.45, 7) is 0. The summed E-state index contributed by atoms with van der Waals surface area (Å²) in [5, 5.41) is 5.08. The SMILES string of the molecule is c1ccc(-c2ccccc2-c2c(-c3ccccc3)cccc2N(c2ccc(-c3ccc(-c4cccc5ccccc45)cc3)cc2)c2cccc3c2sc2ccccc23)cc1. The Kier molecular flexibility index (Phi) is 9.11. The van der Waals surface area contributed by atoms with Gasteiger partial charge in [-0.2, -0.15) is 0 Å². The average molecular weight is 782 g/mol. The van der Waals surface area contributed by atoms with E-state index in [0.29, 0.717) is 0 Å². The second-order valence-corrected chi connectivity index (χ2v) is 16.3. The lowest BCUT2D eigenvalue weighted by molar-refractivity contribution is 1.30. The van der Waals surface area contributed by atoms with Crippen LogP contribution in [0.2, 0.25) is 0 Å². The zero-order valence-corrected chi connectivity index (χ0v) is 33.7. The molecular weight excluding hydrogens is 743 g/mol. The molecule has 0 N–H and O–H groups in total. The number of nitrogens with zero attached hydrogens (tertiary/aromatic N) is 1. The Morgan fingerprint density at radius 1 is 0.283 bits per heavy atom. The highest BCUT2D eigenvalue weighted by Gasteiger charge is 2.24. The van der Waals surface area contributed by atoms with Gasteiger partial charge in [-0.25, -0.2) is 0 Å². The van der Waals surface area contributed by atoms with E-state index < -0.39 is 0 Å². The highest BCUT2D eigenvalue weighted by molar-refractivity contribution is 7.26. The second kappa shape index (κ2) is 15.3. The molecule has 60 heavy (non-hydrogen) atoms. The van der Waals surface area contributed by atoms with E-state index in [-0.39, 0.29) is 0 Å². The van der Waals surface area contributed by atoms with Crippen LogP contribution in [0.15, 0.2) is 237 Å². The zero-order valence-electron chi connectivity index (χ0n) is 32.9. The van der Waals surface area contributed by atoms with Crippen molar-refractivity contribution < 1.29 is 0 Å². The molecule has 2 heteroatoms. The van der Waals surface area contributed by atoms with Crippen LogP contribution in [0.3, 0.4) is 0 Å². The third kappa shape index (κ3) is 6.35. The summed E-state index contributed by atoms with van der Waals surface area (Å²) in [5.41, 5.74) is 15.3. The smallest absolute Gasteiger partial charge is 0.0640 e. The minimum Gasteiger partial charge on any atom is -0.308 e. The van der Waals surface area contributed by atoms with Gasteiger partial charge in [0, 0.05) is 26.7 Å². The first kappa shape index (κ1) is 35.6. The van der Waals surface area contributed by atoms with Crippen molar-refractivity contribution >= 4 is 59.3 Å². The molecule has 0 saturated carbocycles. The Labute approximate surface area is 354 Å². The van der Waals surface area contributed by atoms with Crippen LogP contribution < -0.4 is 4.90 Å². The lowest BCUT2D eigenvalue weighted by Crippen LogP contribution is -2.12. The van der Waals surface area contributed by atoms with Crippen molar-refractivity contribution in [1.82, 2.24) is 0 Å². The van der Waals surface area contributed by atoms with Gasteiger partial charge in [0.2, 0.25) is 0 Å². The maximum absolute atomic E-state index is 2.49. The zero-order chi connectivity index (χ0) is 39.8. The molecule has 1 aromatic heterocycles. The molecule has 0 atom stereocenters. The van der Waals surface area contributed by atoms with Crippen LogP contribution in [0, 0.1) is 0 Å². The van der Waals surface area contributed by atoms with Crippen molar-refractivity contribution in [2.24, 2.45) is 0 Å². The fraction of sp³-hybridized carbons (Fsp3) is 0. The van der Waals surface area contributed by atoms with E-state index in [2.05, 4.69) is 241 Å². The molecule has 0 aliphatic rings. The summed E-state index contributed by atoms with van der Waals surface area (Å²) in [7, 11) is 0. The van der Waals surface area contributed by atoms with Crippen molar-refractivity contribution in [3.05, 3.63) is 237 Å². The van der Waals surface area contributed by atoms with Crippen LogP contribution >= 0.6 is 11.3 Å². The number of thiophene rings is 1.